The van der Waals surface area contributed by atoms with Crippen molar-refractivity contribution < 1.29 is 33.3 Å². The maximum absolute atomic E-state index is 10.6. The van der Waals surface area contributed by atoms with Crippen LogP contribution in [0.2, 0.25) is 5.28 Å². The lowest BCUT2D eigenvalue weighted by Crippen LogP contribution is -2.35. The highest BCUT2D eigenvalue weighted by molar-refractivity contribution is 6.28. The number of carbonyl (C=O) groups is 1. The van der Waals surface area contributed by atoms with Gasteiger partial charge in [0.2, 0.25) is 5.28 Å². The normalized spacial score (nSPS) is 25.8. The van der Waals surface area contributed by atoms with Crippen LogP contribution >= 0.6 is 11.6 Å². The number of carboxylic acids is 1. The number of anilines is 1. The van der Waals surface area contributed by atoms with Crippen molar-refractivity contribution in [2.24, 2.45) is 5.73 Å². The monoisotopic (exact) mass is 398 g/mol. The van der Waals surface area contributed by atoms with E-state index in [1.165, 1.54) is 6.33 Å². The van der Waals surface area contributed by atoms with Gasteiger partial charge in [-0.15, -0.1) is 0 Å². The molecule has 1 saturated carbocycles. The molecule has 1 unspecified atom stereocenters. The molecule has 0 amide bonds. The molecule has 2 aromatic heterocycles. The van der Waals surface area contributed by atoms with Crippen molar-refractivity contribution >= 4 is 34.6 Å². The summed E-state index contributed by atoms with van der Waals surface area (Å²) in [4.78, 5) is 20.9. The number of imidazole rings is 1. The van der Waals surface area contributed by atoms with Crippen LogP contribution in [-0.4, -0.2) is 65.2 Å². The van der Waals surface area contributed by atoms with Gasteiger partial charge in [-0.2, -0.15) is 23.1 Å². The van der Waals surface area contributed by atoms with E-state index in [0.29, 0.717) is 17.6 Å². The summed E-state index contributed by atoms with van der Waals surface area (Å²) >= 11 is 5.77. The molecule has 0 saturated heterocycles. The van der Waals surface area contributed by atoms with Crippen molar-refractivity contribution in [2.45, 2.75) is 36.9 Å². The fourth-order valence-corrected chi connectivity index (χ4v) is 2.64. The van der Waals surface area contributed by atoms with Crippen molar-refractivity contribution in [3.8, 4) is 0 Å². The Bertz CT molecular complexity index is 816. The molecule has 3 rings (SSSR count). The van der Waals surface area contributed by atoms with Crippen molar-refractivity contribution in [2.75, 3.05) is 5.73 Å². The maximum Gasteiger partial charge on any atom is 0.490 e. The van der Waals surface area contributed by atoms with Crippen molar-refractivity contribution in [1.29, 1.82) is 0 Å². The van der Waals surface area contributed by atoms with Gasteiger partial charge in [-0.3, -0.25) is 0 Å². The zero-order valence-corrected chi connectivity index (χ0v) is 13.6. The third-order valence-electron chi connectivity index (χ3n) is 3.72. The molecule has 2 heterocycles. The molecule has 1 aliphatic rings. The fraction of sp³-hybridized carbons (Fsp3) is 0.500. The topological polar surface area (TPSA) is 173 Å². The van der Waals surface area contributed by atoms with E-state index in [4.69, 9.17) is 33.0 Å². The predicted molar refractivity (Wildman–Crippen MR) is 82.1 cm³/mol. The number of alkyl halides is 3. The van der Waals surface area contributed by atoms with Crippen LogP contribution in [0.5, 0.6) is 0 Å². The van der Waals surface area contributed by atoms with E-state index in [9.17, 15) is 23.4 Å². The van der Waals surface area contributed by atoms with Gasteiger partial charge in [0, 0.05) is 6.04 Å². The summed E-state index contributed by atoms with van der Waals surface area (Å²) in [5, 5.41) is 26.9. The van der Waals surface area contributed by atoms with Crippen LogP contribution in [0.15, 0.2) is 6.33 Å². The Labute approximate surface area is 148 Å². The number of nitrogen functional groups attached to an aromatic ring is 1. The van der Waals surface area contributed by atoms with Gasteiger partial charge in [0.15, 0.2) is 11.5 Å². The van der Waals surface area contributed by atoms with Gasteiger partial charge in [0.25, 0.3) is 0 Å². The molecule has 0 aromatic carbocycles. The number of hydrogen-bond donors (Lipinski definition) is 5. The van der Waals surface area contributed by atoms with Crippen molar-refractivity contribution in [1.82, 2.24) is 19.5 Å². The third-order valence-corrected chi connectivity index (χ3v) is 3.89. The number of halogens is 4. The molecule has 2 aromatic rings. The van der Waals surface area contributed by atoms with Crippen LogP contribution in [0.1, 0.15) is 12.5 Å². The molecule has 4 atom stereocenters. The average molecular weight is 399 g/mol. The first-order chi connectivity index (χ1) is 11.9. The lowest BCUT2D eigenvalue weighted by molar-refractivity contribution is -0.192. The number of aromatic nitrogens is 4. The number of aliphatic carboxylic acids is 1. The first kappa shape index (κ1) is 20.1. The minimum Gasteiger partial charge on any atom is -0.475 e. The molecule has 144 valence electrons. The molecule has 0 radical (unpaired) electrons. The lowest BCUT2D eigenvalue weighted by atomic mass is 10.2. The molecule has 0 spiro atoms. The van der Waals surface area contributed by atoms with Crippen LogP contribution in [0, 0.1) is 0 Å². The number of nitrogens with two attached hydrogens (primary N) is 2. The summed E-state index contributed by atoms with van der Waals surface area (Å²) in [5.41, 5.74) is 12.3. The van der Waals surface area contributed by atoms with Crippen LogP contribution < -0.4 is 11.5 Å². The quantitative estimate of drug-likeness (QED) is 0.403. The molecular formula is C12H14ClF3N6O4. The Hall–Kier alpha value is -2.22. The molecular weight excluding hydrogens is 385 g/mol. The summed E-state index contributed by atoms with van der Waals surface area (Å²) in [5.74, 6) is -2.58. The van der Waals surface area contributed by atoms with Crippen LogP contribution in [0.3, 0.4) is 0 Å². The van der Waals surface area contributed by atoms with Crippen molar-refractivity contribution in [3.63, 3.8) is 0 Å². The number of fused-ring (bicyclic) bond motifs is 1. The standard InChI is InChI=1S/C10H13ClN6O2.C2HF3O2/c11-10-15-8(13)5-9(16-10)17(2-14-5)4-1-3(12)6(18)7(4)19;3-2(4,5)1(6)7/h2-4,6-7,18-19H,1,12H2,(H2,13,15,16);(H,6,7)/t3-,4?,6+,7-;/m0./s1. The number of hydrogen-bond acceptors (Lipinski definition) is 8. The molecule has 0 bridgehead atoms. The summed E-state index contributed by atoms with van der Waals surface area (Å²) in [7, 11) is 0. The highest BCUT2D eigenvalue weighted by Gasteiger charge is 2.41. The highest BCUT2D eigenvalue weighted by atomic mass is 35.5. The van der Waals surface area contributed by atoms with Gasteiger partial charge in [-0.05, 0) is 18.0 Å². The predicted octanol–water partition coefficient (Wildman–Crippen LogP) is -0.311. The fourth-order valence-electron chi connectivity index (χ4n) is 2.47. The Balaban J connectivity index is 0.000000298. The van der Waals surface area contributed by atoms with E-state index in [1.54, 1.807) is 4.57 Å². The van der Waals surface area contributed by atoms with E-state index in [1.807, 2.05) is 0 Å². The smallest absolute Gasteiger partial charge is 0.475 e. The average Bonchev–Trinajstić information content (AvgIpc) is 3.04. The summed E-state index contributed by atoms with van der Waals surface area (Å²) in [6, 6.07) is -0.910. The minimum atomic E-state index is -5.08. The summed E-state index contributed by atoms with van der Waals surface area (Å²) in [6.45, 7) is 0. The Morgan fingerprint density at radius 3 is 2.35 bits per heavy atom. The van der Waals surface area contributed by atoms with E-state index >= 15 is 0 Å². The van der Waals surface area contributed by atoms with Gasteiger partial charge in [0.05, 0.1) is 18.5 Å². The van der Waals surface area contributed by atoms with Gasteiger partial charge in [0.1, 0.15) is 11.6 Å². The van der Waals surface area contributed by atoms with E-state index in [-0.39, 0.29) is 11.1 Å². The first-order valence-electron chi connectivity index (χ1n) is 7.00. The van der Waals surface area contributed by atoms with Crippen molar-refractivity contribution in [3.05, 3.63) is 11.6 Å². The van der Waals surface area contributed by atoms with E-state index in [2.05, 4.69) is 15.0 Å². The van der Waals surface area contributed by atoms with Gasteiger partial charge < -0.3 is 31.4 Å². The number of rotatable bonds is 1. The Kier molecular flexibility index (Phi) is 5.55. The Morgan fingerprint density at radius 1 is 1.31 bits per heavy atom. The molecule has 0 aliphatic heterocycles. The lowest BCUT2D eigenvalue weighted by Gasteiger charge is -2.17. The first-order valence-corrected chi connectivity index (χ1v) is 7.38. The van der Waals surface area contributed by atoms with E-state index in [0.717, 1.165) is 0 Å². The van der Waals surface area contributed by atoms with Crippen LogP contribution in [0.4, 0.5) is 19.0 Å². The minimum absolute atomic E-state index is 0.00378. The highest BCUT2D eigenvalue weighted by Crippen LogP contribution is 2.32. The van der Waals surface area contributed by atoms with Gasteiger partial charge in [-0.25, -0.2) is 9.78 Å². The SMILES string of the molecule is Nc1nc(Cl)nc2c1ncn2C1C[C@H](N)[C@@H](O)[C@H]1O.O=C(O)C(F)(F)F. The van der Waals surface area contributed by atoms with E-state index < -0.39 is 36.4 Å². The summed E-state index contributed by atoms with van der Waals surface area (Å²) < 4.78 is 33.4. The largest absolute Gasteiger partial charge is 0.490 e. The van der Waals surface area contributed by atoms with Gasteiger partial charge in [-0.1, -0.05) is 0 Å². The molecule has 26 heavy (non-hydrogen) atoms. The second kappa shape index (κ2) is 7.19. The van der Waals surface area contributed by atoms with Crippen LogP contribution in [-0.2, 0) is 4.79 Å². The number of aliphatic hydroxyl groups excluding tert-OH is 2. The zero-order chi connectivity index (χ0) is 19.8. The maximum atomic E-state index is 10.6. The van der Waals surface area contributed by atoms with Crippen LogP contribution in [0.25, 0.3) is 11.2 Å². The number of nitrogens with zero attached hydrogens (tertiary/aromatic N) is 4. The molecule has 7 N–H and O–H groups in total. The Morgan fingerprint density at radius 2 is 1.88 bits per heavy atom. The zero-order valence-electron chi connectivity index (χ0n) is 12.8. The molecule has 14 heteroatoms. The molecule has 1 fully saturated rings. The number of aliphatic hydroxyl groups is 2. The molecule has 10 nitrogen and oxygen atoms in total. The molecule has 1 aliphatic carbocycles. The number of carboxylic acid groups (broad SMARTS) is 1. The summed E-state index contributed by atoms with van der Waals surface area (Å²) in [6.07, 6.45) is -5.14. The third kappa shape index (κ3) is 3.95. The van der Waals surface area contributed by atoms with Gasteiger partial charge >= 0.3 is 12.1 Å². The second-order valence-corrected chi connectivity index (χ2v) is 5.79. The second-order valence-electron chi connectivity index (χ2n) is 5.45.